The lowest BCUT2D eigenvalue weighted by Crippen LogP contribution is -2.25. The summed E-state index contributed by atoms with van der Waals surface area (Å²) in [5.41, 5.74) is 1.26. The minimum Gasteiger partial charge on any atom is -0.371 e. The highest BCUT2D eigenvalue weighted by atomic mass is 15.1. The van der Waals surface area contributed by atoms with Crippen LogP contribution in [0.3, 0.4) is 0 Å². The van der Waals surface area contributed by atoms with Crippen LogP contribution >= 0.6 is 0 Å². The van der Waals surface area contributed by atoms with Crippen molar-refractivity contribution in [2.75, 3.05) is 18.0 Å². The van der Waals surface area contributed by atoms with Crippen LogP contribution < -0.4 is 4.90 Å². The van der Waals surface area contributed by atoms with Crippen LogP contribution in [0.25, 0.3) is 10.8 Å². The topological polar surface area (TPSA) is 3.24 Å². The predicted octanol–water partition coefficient (Wildman–Crippen LogP) is 5.83. The van der Waals surface area contributed by atoms with E-state index < -0.39 is 0 Å². The van der Waals surface area contributed by atoms with Gasteiger partial charge in [-0.25, -0.2) is 0 Å². The molecule has 1 heteroatoms. The zero-order valence-electron chi connectivity index (χ0n) is 13.6. The van der Waals surface area contributed by atoms with Crippen LogP contribution in [0.2, 0.25) is 0 Å². The second-order valence-corrected chi connectivity index (χ2v) is 5.83. The highest BCUT2D eigenvalue weighted by molar-refractivity contribution is 5.85. The van der Waals surface area contributed by atoms with Crippen molar-refractivity contribution in [3.63, 3.8) is 0 Å². The molecular weight excluding hydrogens is 254 g/mol. The van der Waals surface area contributed by atoms with Crippen LogP contribution in [-0.2, 0) is 0 Å². The number of rotatable bonds is 9. The highest BCUT2D eigenvalue weighted by Crippen LogP contribution is 2.22. The summed E-state index contributed by atoms with van der Waals surface area (Å²) in [6, 6.07) is 16.6. The van der Waals surface area contributed by atoms with Crippen LogP contribution in [0, 0.1) is 6.07 Å². The number of fused-ring (bicyclic) bond motifs is 1. The van der Waals surface area contributed by atoms with Gasteiger partial charge in [0.15, 0.2) is 0 Å². The SMILES string of the molecule is CCCCCN(CCCCC)c1[c]c2ccccc2cc1. The van der Waals surface area contributed by atoms with Crippen molar-refractivity contribution >= 4 is 16.5 Å². The molecule has 0 spiro atoms. The summed E-state index contributed by atoms with van der Waals surface area (Å²) in [5, 5.41) is 2.51. The molecule has 0 saturated heterocycles. The zero-order valence-corrected chi connectivity index (χ0v) is 13.6. The first kappa shape index (κ1) is 15.9. The molecule has 2 aromatic rings. The lowest BCUT2D eigenvalue weighted by molar-refractivity contribution is 0.636. The summed E-state index contributed by atoms with van der Waals surface area (Å²) in [6.07, 6.45) is 7.76. The van der Waals surface area contributed by atoms with Crippen molar-refractivity contribution in [2.24, 2.45) is 0 Å². The van der Waals surface area contributed by atoms with Gasteiger partial charge in [-0.1, -0.05) is 69.9 Å². The molecule has 2 aromatic carbocycles. The Labute approximate surface area is 130 Å². The number of hydrogen-bond acceptors (Lipinski definition) is 1. The summed E-state index contributed by atoms with van der Waals surface area (Å²) in [4.78, 5) is 2.53. The molecule has 1 radical (unpaired) electrons. The van der Waals surface area contributed by atoms with E-state index in [1.54, 1.807) is 0 Å². The monoisotopic (exact) mass is 282 g/mol. The molecule has 0 atom stereocenters. The molecular formula is C20H28N. The van der Waals surface area contributed by atoms with E-state index >= 15 is 0 Å². The molecule has 0 aromatic heterocycles. The van der Waals surface area contributed by atoms with E-state index in [0.717, 1.165) is 13.1 Å². The summed E-state index contributed by atoms with van der Waals surface area (Å²) in [7, 11) is 0. The number of anilines is 1. The van der Waals surface area contributed by atoms with Crippen LogP contribution in [-0.4, -0.2) is 13.1 Å². The molecule has 0 unspecified atom stereocenters. The summed E-state index contributed by atoms with van der Waals surface area (Å²) >= 11 is 0. The van der Waals surface area contributed by atoms with Crippen LogP contribution in [0.1, 0.15) is 52.4 Å². The second-order valence-electron chi connectivity index (χ2n) is 5.83. The molecule has 0 bridgehead atoms. The predicted molar refractivity (Wildman–Crippen MR) is 94.0 cm³/mol. The standard InChI is InChI=1S/C20H28N/c1-3-5-9-15-21(16-10-6-4-2)20-14-13-18-11-7-8-12-19(18)17-20/h7-8,11-14H,3-6,9-10,15-16H2,1-2H3. The summed E-state index contributed by atoms with van der Waals surface area (Å²) in [5.74, 6) is 0. The van der Waals surface area contributed by atoms with E-state index in [1.807, 2.05) is 0 Å². The Morgan fingerprint density at radius 1 is 0.810 bits per heavy atom. The van der Waals surface area contributed by atoms with Gasteiger partial charge in [-0.15, -0.1) is 0 Å². The zero-order chi connectivity index (χ0) is 14.9. The largest absolute Gasteiger partial charge is 0.371 e. The molecule has 0 aliphatic rings. The molecule has 0 amide bonds. The van der Waals surface area contributed by atoms with Gasteiger partial charge >= 0.3 is 0 Å². The Morgan fingerprint density at radius 2 is 1.48 bits per heavy atom. The Balaban J connectivity index is 2.11. The van der Waals surface area contributed by atoms with E-state index in [2.05, 4.69) is 61.2 Å². The average Bonchev–Trinajstić information content (AvgIpc) is 2.53. The molecule has 0 N–H and O–H groups in total. The van der Waals surface area contributed by atoms with Crippen LogP contribution in [0.15, 0.2) is 36.4 Å². The van der Waals surface area contributed by atoms with Crippen molar-refractivity contribution in [1.29, 1.82) is 0 Å². The molecule has 0 aliphatic heterocycles. The van der Waals surface area contributed by atoms with E-state index in [1.165, 1.54) is 55.0 Å². The van der Waals surface area contributed by atoms with Gasteiger partial charge in [-0.3, -0.25) is 0 Å². The van der Waals surface area contributed by atoms with Gasteiger partial charge in [0.25, 0.3) is 0 Å². The molecule has 2 rings (SSSR count). The van der Waals surface area contributed by atoms with Gasteiger partial charge in [0.1, 0.15) is 0 Å². The fraction of sp³-hybridized carbons (Fsp3) is 0.500. The maximum absolute atomic E-state index is 3.61. The number of hydrogen-bond donors (Lipinski definition) is 0. The first-order valence-electron chi connectivity index (χ1n) is 8.51. The highest BCUT2D eigenvalue weighted by Gasteiger charge is 2.07. The third-order valence-electron chi connectivity index (χ3n) is 4.05. The third kappa shape index (κ3) is 4.77. The second kappa shape index (κ2) is 8.71. The maximum Gasteiger partial charge on any atom is 0.0453 e. The smallest absolute Gasteiger partial charge is 0.0453 e. The maximum atomic E-state index is 3.61. The molecule has 0 saturated carbocycles. The molecule has 21 heavy (non-hydrogen) atoms. The number of nitrogens with zero attached hydrogens (tertiary/aromatic N) is 1. The van der Waals surface area contributed by atoms with Gasteiger partial charge in [0, 0.05) is 24.8 Å². The Kier molecular flexibility index (Phi) is 6.59. The minimum atomic E-state index is 1.16. The molecule has 0 heterocycles. The van der Waals surface area contributed by atoms with Crippen molar-refractivity contribution < 1.29 is 0 Å². The van der Waals surface area contributed by atoms with E-state index in [4.69, 9.17) is 0 Å². The molecule has 113 valence electrons. The van der Waals surface area contributed by atoms with E-state index in [-0.39, 0.29) is 0 Å². The molecule has 1 nitrogen and oxygen atoms in total. The average molecular weight is 282 g/mol. The van der Waals surface area contributed by atoms with Crippen LogP contribution in [0.5, 0.6) is 0 Å². The van der Waals surface area contributed by atoms with E-state index in [9.17, 15) is 0 Å². The molecule has 0 fully saturated rings. The van der Waals surface area contributed by atoms with Crippen molar-refractivity contribution in [2.45, 2.75) is 52.4 Å². The summed E-state index contributed by atoms with van der Waals surface area (Å²) < 4.78 is 0. The first-order chi connectivity index (χ1) is 10.3. The fourth-order valence-electron chi connectivity index (χ4n) is 2.75. The van der Waals surface area contributed by atoms with Crippen molar-refractivity contribution in [3.05, 3.63) is 42.5 Å². The van der Waals surface area contributed by atoms with Gasteiger partial charge < -0.3 is 4.90 Å². The van der Waals surface area contributed by atoms with Crippen molar-refractivity contribution in [3.8, 4) is 0 Å². The first-order valence-corrected chi connectivity index (χ1v) is 8.51. The van der Waals surface area contributed by atoms with Gasteiger partial charge in [-0.05, 0) is 29.7 Å². The minimum absolute atomic E-state index is 1.16. The Morgan fingerprint density at radius 3 is 2.14 bits per heavy atom. The van der Waals surface area contributed by atoms with Gasteiger partial charge in [-0.2, -0.15) is 0 Å². The van der Waals surface area contributed by atoms with Crippen molar-refractivity contribution in [1.82, 2.24) is 0 Å². The Bertz CT molecular complexity index is 522. The van der Waals surface area contributed by atoms with Gasteiger partial charge in [0.05, 0.1) is 0 Å². The number of unbranched alkanes of at least 4 members (excludes halogenated alkanes) is 4. The molecule has 0 aliphatic carbocycles. The van der Waals surface area contributed by atoms with Crippen LogP contribution in [0.4, 0.5) is 5.69 Å². The Hall–Kier alpha value is -1.50. The normalized spacial score (nSPS) is 11.0. The lowest BCUT2D eigenvalue weighted by Gasteiger charge is -2.25. The third-order valence-corrected chi connectivity index (χ3v) is 4.05. The number of benzene rings is 2. The van der Waals surface area contributed by atoms with Gasteiger partial charge in [0.2, 0.25) is 0 Å². The van der Waals surface area contributed by atoms with E-state index in [0.29, 0.717) is 0 Å². The fourth-order valence-corrected chi connectivity index (χ4v) is 2.75. The summed E-state index contributed by atoms with van der Waals surface area (Å²) in [6.45, 7) is 6.85. The lowest BCUT2D eigenvalue weighted by atomic mass is 10.1. The quantitative estimate of drug-likeness (QED) is 0.523.